The van der Waals surface area contributed by atoms with Crippen molar-refractivity contribution in [1.82, 2.24) is 15.3 Å². The summed E-state index contributed by atoms with van der Waals surface area (Å²) >= 11 is 1.65. The first-order chi connectivity index (χ1) is 11.8. The molecule has 2 atom stereocenters. The van der Waals surface area contributed by atoms with E-state index in [1.165, 1.54) is 0 Å². The van der Waals surface area contributed by atoms with Gasteiger partial charge in [0.05, 0.1) is 16.8 Å². The number of pyridine rings is 1. The van der Waals surface area contributed by atoms with Crippen LogP contribution in [0.5, 0.6) is 0 Å². The van der Waals surface area contributed by atoms with Crippen molar-refractivity contribution in [1.29, 1.82) is 0 Å². The van der Waals surface area contributed by atoms with E-state index in [-0.39, 0.29) is 18.1 Å². The van der Waals surface area contributed by atoms with Crippen molar-refractivity contribution < 1.29 is 9.53 Å². The Balaban J connectivity index is 1.39. The molecule has 24 heavy (non-hydrogen) atoms. The van der Waals surface area contributed by atoms with Gasteiger partial charge in [0.2, 0.25) is 5.91 Å². The summed E-state index contributed by atoms with van der Waals surface area (Å²) in [4.78, 5) is 20.7. The number of aromatic nitrogens is 2. The number of carbonyl (C=O) groups is 1. The van der Waals surface area contributed by atoms with Crippen molar-refractivity contribution in [2.24, 2.45) is 5.73 Å². The van der Waals surface area contributed by atoms with Gasteiger partial charge in [-0.2, -0.15) is 0 Å². The average molecular weight is 346 g/mol. The molecule has 128 valence electrons. The summed E-state index contributed by atoms with van der Waals surface area (Å²) in [5.74, 6) is -0.0254. The highest BCUT2D eigenvalue weighted by Crippen LogP contribution is 2.22. The Labute approximate surface area is 145 Å². The molecular formula is C17H22N4O2S. The summed E-state index contributed by atoms with van der Waals surface area (Å²) in [5.41, 5.74) is 7.62. The second kappa shape index (κ2) is 8.32. The lowest BCUT2D eigenvalue weighted by molar-refractivity contribution is -0.131. The summed E-state index contributed by atoms with van der Waals surface area (Å²) in [6, 6.07) is 3.91. The molecule has 1 aliphatic rings. The summed E-state index contributed by atoms with van der Waals surface area (Å²) in [6.45, 7) is 1.11. The molecule has 0 unspecified atom stereocenters. The van der Waals surface area contributed by atoms with Crippen molar-refractivity contribution in [3.05, 3.63) is 34.9 Å². The number of nitrogens with one attached hydrogen (secondary N) is 1. The van der Waals surface area contributed by atoms with Crippen LogP contribution in [0.4, 0.5) is 0 Å². The van der Waals surface area contributed by atoms with Crippen molar-refractivity contribution in [3.8, 4) is 11.3 Å². The third kappa shape index (κ3) is 4.37. The van der Waals surface area contributed by atoms with Crippen LogP contribution in [0.25, 0.3) is 11.3 Å². The molecule has 0 radical (unpaired) electrons. The number of ether oxygens (including phenoxy) is 1. The Kier molecular flexibility index (Phi) is 5.90. The van der Waals surface area contributed by atoms with Crippen LogP contribution in [0.15, 0.2) is 29.9 Å². The van der Waals surface area contributed by atoms with Crippen LogP contribution in [-0.4, -0.2) is 41.2 Å². The third-order valence-electron chi connectivity index (χ3n) is 4.06. The molecule has 6 nitrogen and oxygen atoms in total. The van der Waals surface area contributed by atoms with Gasteiger partial charge < -0.3 is 15.8 Å². The highest BCUT2D eigenvalue weighted by Gasteiger charge is 2.29. The Bertz CT molecular complexity index is 662. The highest BCUT2D eigenvalue weighted by atomic mass is 32.1. The van der Waals surface area contributed by atoms with Gasteiger partial charge in [0.15, 0.2) is 0 Å². The van der Waals surface area contributed by atoms with Crippen LogP contribution in [-0.2, 0) is 16.0 Å². The number of hydrogen-bond donors (Lipinski definition) is 2. The van der Waals surface area contributed by atoms with Crippen molar-refractivity contribution >= 4 is 17.2 Å². The van der Waals surface area contributed by atoms with Gasteiger partial charge in [-0.1, -0.05) is 0 Å². The maximum atomic E-state index is 12.0. The average Bonchev–Trinajstić information content (AvgIpc) is 3.28. The summed E-state index contributed by atoms with van der Waals surface area (Å²) in [5, 5.41) is 6.08. The number of thiazole rings is 1. The van der Waals surface area contributed by atoms with Crippen molar-refractivity contribution in [3.63, 3.8) is 0 Å². The topological polar surface area (TPSA) is 90.1 Å². The van der Waals surface area contributed by atoms with Gasteiger partial charge in [0, 0.05) is 42.8 Å². The van der Waals surface area contributed by atoms with Gasteiger partial charge in [-0.05, 0) is 31.4 Å². The minimum atomic E-state index is -0.336. The van der Waals surface area contributed by atoms with Gasteiger partial charge in [-0.3, -0.25) is 9.78 Å². The van der Waals surface area contributed by atoms with Gasteiger partial charge in [0.1, 0.15) is 6.10 Å². The van der Waals surface area contributed by atoms with E-state index in [2.05, 4.69) is 20.7 Å². The Hall–Kier alpha value is -1.83. The van der Waals surface area contributed by atoms with Crippen LogP contribution in [0, 0.1) is 0 Å². The number of nitrogens with two attached hydrogens (primary N) is 1. The van der Waals surface area contributed by atoms with Gasteiger partial charge in [-0.25, -0.2) is 4.98 Å². The van der Waals surface area contributed by atoms with Crippen LogP contribution in [0.2, 0.25) is 0 Å². The van der Waals surface area contributed by atoms with E-state index in [4.69, 9.17) is 10.5 Å². The predicted molar refractivity (Wildman–Crippen MR) is 93.6 cm³/mol. The molecule has 3 rings (SSSR count). The number of carbonyl (C=O) groups excluding carboxylic acids is 1. The molecule has 0 bridgehead atoms. The van der Waals surface area contributed by atoms with Crippen LogP contribution in [0.1, 0.15) is 24.3 Å². The highest BCUT2D eigenvalue weighted by molar-refractivity contribution is 7.09. The second-order valence-electron chi connectivity index (χ2n) is 5.82. The predicted octanol–water partition coefficient (Wildman–Crippen LogP) is 1.76. The lowest BCUT2D eigenvalue weighted by atomic mass is 10.2. The van der Waals surface area contributed by atoms with Crippen LogP contribution >= 0.6 is 11.3 Å². The molecule has 0 aromatic carbocycles. The molecule has 2 aromatic heterocycles. The fraction of sp³-hybridized carbons (Fsp3) is 0.471. The first kappa shape index (κ1) is 17.0. The number of aryl methyl sites for hydroxylation is 1. The zero-order valence-electron chi connectivity index (χ0n) is 13.5. The smallest absolute Gasteiger partial charge is 0.249 e. The standard InChI is InChI=1S/C17H22N4O2S/c18-10-13-3-4-15(23-13)17(22)20-7-1-2-16-21-14(11-24-16)12-5-8-19-9-6-12/h5-6,8-9,11,13,15H,1-4,7,10,18H2,(H,20,22)/t13-,15+/m1/s1. The zero-order valence-corrected chi connectivity index (χ0v) is 14.3. The number of nitrogens with zero attached hydrogens (tertiary/aromatic N) is 2. The third-order valence-corrected chi connectivity index (χ3v) is 4.97. The Morgan fingerprint density at radius 1 is 1.38 bits per heavy atom. The summed E-state index contributed by atoms with van der Waals surface area (Å²) in [7, 11) is 0. The molecule has 0 aliphatic carbocycles. The van der Waals surface area contributed by atoms with E-state index in [0.29, 0.717) is 13.1 Å². The number of hydrogen-bond acceptors (Lipinski definition) is 6. The largest absolute Gasteiger partial charge is 0.364 e. The number of amides is 1. The van der Waals surface area contributed by atoms with E-state index >= 15 is 0 Å². The molecule has 0 saturated carbocycles. The normalized spacial score (nSPS) is 20.2. The molecule has 1 aliphatic heterocycles. The molecule has 1 amide bonds. The first-order valence-corrected chi connectivity index (χ1v) is 9.12. The Morgan fingerprint density at radius 2 is 2.21 bits per heavy atom. The molecule has 1 saturated heterocycles. The quantitative estimate of drug-likeness (QED) is 0.746. The zero-order chi connectivity index (χ0) is 16.8. The molecule has 3 N–H and O–H groups in total. The first-order valence-electron chi connectivity index (χ1n) is 8.24. The molecule has 0 spiro atoms. The SMILES string of the molecule is NC[C@H]1CC[C@@H](C(=O)NCCCc2nc(-c3ccncc3)cs2)O1. The van der Waals surface area contributed by atoms with Crippen LogP contribution in [0.3, 0.4) is 0 Å². The summed E-state index contributed by atoms with van der Waals surface area (Å²) < 4.78 is 5.59. The van der Waals surface area contributed by atoms with Gasteiger partial charge in [0.25, 0.3) is 0 Å². The van der Waals surface area contributed by atoms with E-state index in [0.717, 1.165) is 41.9 Å². The maximum absolute atomic E-state index is 12.0. The fourth-order valence-corrected chi connectivity index (χ4v) is 3.57. The monoisotopic (exact) mass is 346 g/mol. The molecule has 3 heterocycles. The van der Waals surface area contributed by atoms with Gasteiger partial charge >= 0.3 is 0 Å². The molecule has 2 aromatic rings. The van der Waals surface area contributed by atoms with Gasteiger partial charge in [-0.15, -0.1) is 11.3 Å². The minimum Gasteiger partial charge on any atom is -0.364 e. The van der Waals surface area contributed by atoms with E-state index in [1.54, 1.807) is 23.7 Å². The maximum Gasteiger partial charge on any atom is 0.249 e. The lowest BCUT2D eigenvalue weighted by Crippen LogP contribution is -2.36. The van der Waals surface area contributed by atoms with Crippen molar-refractivity contribution in [2.45, 2.75) is 37.9 Å². The fourth-order valence-electron chi connectivity index (χ4n) is 2.72. The summed E-state index contributed by atoms with van der Waals surface area (Å²) in [6.07, 6.45) is 6.57. The van der Waals surface area contributed by atoms with E-state index < -0.39 is 0 Å². The number of rotatable bonds is 7. The molecule has 1 fully saturated rings. The molecule has 7 heteroatoms. The second-order valence-corrected chi connectivity index (χ2v) is 6.76. The van der Waals surface area contributed by atoms with E-state index in [9.17, 15) is 4.79 Å². The lowest BCUT2D eigenvalue weighted by Gasteiger charge is -2.12. The minimum absolute atomic E-state index is 0.0254. The van der Waals surface area contributed by atoms with Crippen LogP contribution < -0.4 is 11.1 Å². The van der Waals surface area contributed by atoms with Crippen molar-refractivity contribution in [2.75, 3.05) is 13.1 Å². The Morgan fingerprint density at radius 3 is 2.96 bits per heavy atom. The van der Waals surface area contributed by atoms with E-state index in [1.807, 2.05) is 12.1 Å². The molecular weight excluding hydrogens is 324 g/mol.